The van der Waals surface area contributed by atoms with Gasteiger partial charge in [-0.15, -0.1) is 0 Å². The van der Waals surface area contributed by atoms with Crippen LogP contribution in [0.5, 0.6) is 0 Å². The maximum Gasteiger partial charge on any atom is 0.194 e. The normalized spacial score (nSPS) is 21.3. The molecule has 13 heavy (non-hydrogen) atoms. The van der Waals surface area contributed by atoms with Crippen LogP contribution in [0.3, 0.4) is 0 Å². The number of benzene rings is 1. The van der Waals surface area contributed by atoms with Gasteiger partial charge < -0.3 is 5.32 Å². The standard InChI is InChI=1S/C9H8F3N/c10-6-2-1-5(7-3-4-13-7)8(11)9(6)12/h1-2,7,13H,3-4H2. The molecule has 0 bridgehead atoms. The van der Waals surface area contributed by atoms with Crippen LogP contribution in [0, 0.1) is 17.5 Å². The van der Waals surface area contributed by atoms with Gasteiger partial charge in [0.2, 0.25) is 0 Å². The van der Waals surface area contributed by atoms with Gasteiger partial charge in [0.15, 0.2) is 17.5 Å². The molecule has 2 rings (SSSR count). The molecule has 1 aliphatic heterocycles. The van der Waals surface area contributed by atoms with Gasteiger partial charge in [-0.3, -0.25) is 0 Å². The number of rotatable bonds is 1. The lowest BCUT2D eigenvalue weighted by atomic mass is 9.97. The van der Waals surface area contributed by atoms with Crippen molar-refractivity contribution in [1.82, 2.24) is 5.32 Å². The zero-order valence-electron chi connectivity index (χ0n) is 6.78. The monoisotopic (exact) mass is 187 g/mol. The summed E-state index contributed by atoms with van der Waals surface area (Å²) >= 11 is 0. The first-order valence-electron chi connectivity index (χ1n) is 4.07. The van der Waals surface area contributed by atoms with Crippen LogP contribution in [-0.4, -0.2) is 6.54 Å². The minimum absolute atomic E-state index is 0.157. The predicted octanol–water partition coefficient (Wildman–Crippen LogP) is 2.14. The van der Waals surface area contributed by atoms with Crippen LogP contribution >= 0.6 is 0 Å². The number of nitrogens with one attached hydrogen (secondary N) is 1. The molecule has 1 fully saturated rings. The number of hydrogen-bond donors (Lipinski definition) is 1. The molecule has 0 radical (unpaired) electrons. The van der Waals surface area contributed by atoms with Gasteiger partial charge >= 0.3 is 0 Å². The molecule has 1 aromatic carbocycles. The topological polar surface area (TPSA) is 12.0 Å². The summed E-state index contributed by atoms with van der Waals surface area (Å²) in [5.74, 6) is -3.59. The average Bonchev–Trinajstić information content (AvgIpc) is 2.03. The molecule has 1 aromatic rings. The van der Waals surface area contributed by atoms with Crippen molar-refractivity contribution in [2.24, 2.45) is 0 Å². The minimum atomic E-state index is -1.38. The molecule has 1 saturated heterocycles. The Hall–Kier alpha value is -1.03. The summed E-state index contributed by atoms with van der Waals surface area (Å²) < 4.78 is 38.3. The molecule has 1 heterocycles. The summed E-state index contributed by atoms with van der Waals surface area (Å²) in [6.07, 6.45) is 0.766. The Bertz CT molecular complexity index is 334. The van der Waals surface area contributed by atoms with Gasteiger partial charge in [0.25, 0.3) is 0 Å². The van der Waals surface area contributed by atoms with Gasteiger partial charge in [0.1, 0.15) is 0 Å². The van der Waals surface area contributed by atoms with E-state index in [1.54, 1.807) is 0 Å². The number of halogens is 3. The zero-order chi connectivity index (χ0) is 9.42. The summed E-state index contributed by atoms with van der Waals surface area (Å²) in [5.41, 5.74) is 0.213. The Labute approximate surface area is 73.6 Å². The minimum Gasteiger partial charge on any atom is -0.310 e. The van der Waals surface area contributed by atoms with Crippen molar-refractivity contribution >= 4 is 0 Å². The van der Waals surface area contributed by atoms with Gasteiger partial charge in [-0.2, -0.15) is 0 Å². The third-order valence-electron chi connectivity index (χ3n) is 2.26. The molecule has 0 aliphatic carbocycles. The quantitative estimate of drug-likeness (QED) is 0.664. The molecule has 0 spiro atoms. The van der Waals surface area contributed by atoms with Gasteiger partial charge in [0.05, 0.1) is 0 Å². The van der Waals surface area contributed by atoms with Gasteiger partial charge in [-0.05, 0) is 19.0 Å². The summed E-state index contributed by atoms with van der Waals surface area (Å²) in [4.78, 5) is 0. The number of hydrogen-bond acceptors (Lipinski definition) is 1. The second-order valence-corrected chi connectivity index (χ2v) is 3.06. The van der Waals surface area contributed by atoms with E-state index in [1.165, 1.54) is 6.07 Å². The van der Waals surface area contributed by atoms with Gasteiger partial charge in [-0.25, -0.2) is 13.2 Å². The molecule has 1 nitrogen and oxygen atoms in total. The first-order chi connectivity index (χ1) is 6.20. The lowest BCUT2D eigenvalue weighted by Gasteiger charge is -2.28. The van der Waals surface area contributed by atoms with Crippen LogP contribution in [0.15, 0.2) is 12.1 Å². The van der Waals surface area contributed by atoms with E-state index in [0.717, 1.165) is 19.0 Å². The Morgan fingerprint density at radius 3 is 2.38 bits per heavy atom. The zero-order valence-corrected chi connectivity index (χ0v) is 6.78. The second-order valence-electron chi connectivity index (χ2n) is 3.06. The van der Waals surface area contributed by atoms with Crippen LogP contribution < -0.4 is 5.32 Å². The molecular weight excluding hydrogens is 179 g/mol. The van der Waals surface area contributed by atoms with E-state index in [9.17, 15) is 13.2 Å². The maximum absolute atomic E-state index is 13.1. The van der Waals surface area contributed by atoms with Crippen molar-refractivity contribution in [2.45, 2.75) is 12.5 Å². The summed E-state index contributed by atoms with van der Waals surface area (Å²) in [6, 6.07) is 2.08. The lowest BCUT2D eigenvalue weighted by molar-refractivity contribution is 0.357. The maximum atomic E-state index is 13.1. The molecule has 4 heteroatoms. The molecule has 70 valence electrons. The molecule has 0 saturated carbocycles. The van der Waals surface area contributed by atoms with Crippen molar-refractivity contribution in [3.05, 3.63) is 35.1 Å². The SMILES string of the molecule is Fc1ccc(C2CCN2)c(F)c1F. The Kier molecular flexibility index (Phi) is 2.00. The molecule has 0 aromatic heterocycles. The van der Waals surface area contributed by atoms with Crippen LogP contribution in [0.4, 0.5) is 13.2 Å². The Morgan fingerprint density at radius 1 is 1.15 bits per heavy atom. The van der Waals surface area contributed by atoms with Crippen molar-refractivity contribution < 1.29 is 13.2 Å². The summed E-state index contributed by atoms with van der Waals surface area (Å²) in [5, 5.41) is 2.92. The molecule has 1 unspecified atom stereocenters. The van der Waals surface area contributed by atoms with Crippen LogP contribution in [-0.2, 0) is 0 Å². The molecular formula is C9H8F3N. The third kappa shape index (κ3) is 1.31. The van der Waals surface area contributed by atoms with E-state index in [1.807, 2.05) is 0 Å². The molecule has 1 N–H and O–H groups in total. The summed E-state index contributed by atoms with van der Waals surface area (Å²) in [6.45, 7) is 0.795. The van der Waals surface area contributed by atoms with Gasteiger partial charge in [-0.1, -0.05) is 6.07 Å². The van der Waals surface area contributed by atoms with Gasteiger partial charge in [0, 0.05) is 11.6 Å². The van der Waals surface area contributed by atoms with Crippen LogP contribution in [0.1, 0.15) is 18.0 Å². The Morgan fingerprint density at radius 2 is 1.85 bits per heavy atom. The highest BCUT2D eigenvalue weighted by Gasteiger charge is 2.24. The van der Waals surface area contributed by atoms with Crippen molar-refractivity contribution in [3.8, 4) is 0 Å². The fourth-order valence-electron chi connectivity index (χ4n) is 1.36. The smallest absolute Gasteiger partial charge is 0.194 e. The first kappa shape index (κ1) is 8.56. The van der Waals surface area contributed by atoms with Crippen molar-refractivity contribution in [2.75, 3.05) is 6.54 Å². The van der Waals surface area contributed by atoms with E-state index in [-0.39, 0.29) is 11.6 Å². The highest BCUT2D eigenvalue weighted by atomic mass is 19.2. The largest absolute Gasteiger partial charge is 0.310 e. The van der Waals surface area contributed by atoms with E-state index in [2.05, 4.69) is 5.32 Å². The van der Waals surface area contributed by atoms with Crippen LogP contribution in [0.2, 0.25) is 0 Å². The molecule has 1 atom stereocenters. The Balaban J connectivity index is 2.41. The fourth-order valence-corrected chi connectivity index (χ4v) is 1.36. The molecule has 0 amide bonds. The van der Waals surface area contributed by atoms with Crippen LogP contribution in [0.25, 0.3) is 0 Å². The highest BCUT2D eigenvalue weighted by Crippen LogP contribution is 2.27. The first-order valence-corrected chi connectivity index (χ1v) is 4.07. The highest BCUT2D eigenvalue weighted by molar-refractivity contribution is 5.25. The van der Waals surface area contributed by atoms with E-state index < -0.39 is 17.5 Å². The van der Waals surface area contributed by atoms with E-state index >= 15 is 0 Å². The predicted molar refractivity (Wildman–Crippen MR) is 41.7 cm³/mol. The van der Waals surface area contributed by atoms with E-state index in [0.29, 0.717) is 0 Å². The summed E-state index contributed by atoms with van der Waals surface area (Å²) in [7, 11) is 0. The lowest BCUT2D eigenvalue weighted by Crippen LogP contribution is -2.35. The van der Waals surface area contributed by atoms with Crippen molar-refractivity contribution in [3.63, 3.8) is 0 Å². The van der Waals surface area contributed by atoms with Crippen molar-refractivity contribution in [1.29, 1.82) is 0 Å². The molecule has 1 aliphatic rings. The fraction of sp³-hybridized carbons (Fsp3) is 0.333. The average molecular weight is 187 g/mol. The second kappa shape index (κ2) is 3.03. The third-order valence-corrected chi connectivity index (χ3v) is 2.26. The van der Waals surface area contributed by atoms with E-state index in [4.69, 9.17) is 0 Å².